The summed E-state index contributed by atoms with van der Waals surface area (Å²) < 4.78 is 26.3. The number of halogens is 3. The van der Waals surface area contributed by atoms with Crippen LogP contribution in [-0.2, 0) is 6.42 Å². The van der Waals surface area contributed by atoms with Crippen molar-refractivity contribution < 1.29 is 8.78 Å². The van der Waals surface area contributed by atoms with Crippen LogP contribution in [0.2, 0.25) is 0 Å². The van der Waals surface area contributed by atoms with Crippen LogP contribution in [0.1, 0.15) is 31.7 Å². The molecule has 3 heteroatoms. The molecule has 1 aliphatic rings. The van der Waals surface area contributed by atoms with Gasteiger partial charge in [0.2, 0.25) is 0 Å². The minimum absolute atomic E-state index is 0.0606. The second-order valence-electron chi connectivity index (χ2n) is 5.06. The van der Waals surface area contributed by atoms with Gasteiger partial charge < -0.3 is 0 Å². The van der Waals surface area contributed by atoms with Gasteiger partial charge in [-0.15, -0.1) is 11.6 Å². The molecule has 1 aromatic carbocycles. The van der Waals surface area contributed by atoms with Crippen molar-refractivity contribution in [3.63, 3.8) is 0 Å². The second kappa shape index (κ2) is 4.33. The zero-order chi connectivity index (χ0) is 11.8. The molecule has 2 atom stereocenters. The quantitative estimate of drug-likeness (QED) is 0.681. The molecule has 1 saturated carbocycles. The maximum absolute atomic E-state index is 13.5. The highest BCUT2D eigenvalue weighted by molar-refractivity contribution is 6.20. The third-order valence-electron chi connectivity index (χ3n) is 3.41. The van der Waals surface area contributed by atoms with E-state index in [0.29, 0.717) is 12.0 Å². The van der Waals surface area contributed by atoms with Gasteiger partial charge in [0.1, 0.15) is 11.6 Å². The van der Waals surface area contributed by atoms with Crippen LogP contribution in [0.25, 0.3) is 0 Å². The number of rotatable bonds is 2. The summed E-state index contributed by atoms with van der Waals surface area (Å²) in [6.45, 7) is 2.12. The smallest absolute Gasteiger partial charge is 0.129 e. The van der Waals surface area contributed by atoms with E-state index >= 15 is 0 Å². The molecule has 1 fully saturated rings. The molecule has 2 rings (SSSR count). The van der Waals surface area contributed by atoms with Gasteiger partial charge in [0, 0.05) is 11.4 Å². The first-order valence-electron chi connectivity index (χ1n) is 5.56. The fourth-order valence-electron chi connectivity index (χ4n) is 2.53. The van der Waals surface area contributed by atoms with E-state index in [0.717, 1.165) is 25.3 Å². The van der Waals surface area contributed by atoms with E-state index in [4.69, 9.17) is 11.6 Å². The Bertz CT molecular complexity index is 392. The van der Waals surface area contributed by atoms with E-state index in [1.165, 1.54) is 12.1 Å². The molecule has 0 N–H and O–H groups in total. The predicted octanol–water partition coefficient (Wildman–Crippen LogP) is 4.30. The minimum atomic E-state index is -0.520. The Balaban J connectivity index is 2.14. The van der Waals surface area contributed by atoms with Gasteiger partial charge in [-0.3, -0.25) is 0 Å². The van der Waals surface area contributed by atoms with Crippen LogP contribution >= 0.6 is 11.6 Å². The SMILES string of the molecule is CC1(Cc2ccc(F)cc2F)CCC(Cl)C1. The van der Waals surface area contributed by atoms with Crippen molar-refractivity contribution >= 4 is 11.6 Å². The third kappa shape index (κ3) is 2.54. The molecular weight excluding hydrogens is 230 g/mol. The van der Waals surface area contributed by atoms with Crippen molar-refractivity contribution in [1.29, 1.82) is 0 Å². The zero-order valence-electron chi connectivity index (χ0n) is 9.27. The van der Waals surface area contributed by atoms with Crippen LogP contribution in [0.5, 0.6) is 0 Å². The summed E-state index contributed by atoms with van der Waals surface area (Å²) in [5.74, 6) is -0.965. The third-order valence-corrected chi connectivity index (χ3v) is 3.78. The maximum atomic E-state index is 13.5. The zero-order valence-corrected chi connectivity index (χ0v) is 10.0. The van der Waals surface area contributed by atoms with E-state index in [1.54, 1.807) is 0 Å². The van der Waals surface area contributed by atoms with Gasteiger partial charge in [-0.05, 0) is 42.7 Å². The summed E-state index contributed by atoms with van der Waals surface area (Å²) in [5, 5.41) is 0.202. The Kier molecular flexibility index (Phi) is 3.20. The number of hydrogen-bond acceptors (Lipinski definition) is 0. The predicted molar refractivity (Wildman–Crippen MR) is 61.7 cm³/mol. The lowest BCUT2D eigenvalue weighted by Crippen LogP contribution is -2.16. The van der Waals surface area contributed by atoms with Crippen molar-refractivity contribution in [2.75, 3.05) is 0 Å². The van der Waals surface area contributed by atoms with Gasteiger partial charge in [0.15, 0.2) is 0 Å². The maximum Gasteiger partial charge on any atom is 0.129 e. The van der Waals surface area contributed by atoms with Gasteiger partial charge in [-0.1, -0.05) is 13.0 Å². The van der Waals surface area contributed by atoms with Crippen molar-refractivity contribution in [2.24, 2.45) is 5.41 Å². The summed E-state index contributed by atoms with van der Waals surface area (Å²) in [4.78, 5) is 0. The molecule has 0 spiro atoms. The van der Waals surface area contributed by atoms with Crippen molar-refractivity contribution in [3.8, 4) is 0 Å². The Hall–Kier alpha value is -0.630. The Morgan fingerprint density at radius 3 is 2.75 bits per heavy atom. The monoisotopic (exact) mass is 244 g/mol. The standard InChI is InChI=1S/C13H15ClF2/c1-13(5-4-10(14)8-13)7-9-2-3-11(15)6-12(9)16/h2-3,6,10H,4-5,7-8H2,1H3. The molecule has 1 aromatic rings. The summed E-state index contributed by atoms with van der Waals surface area (Å²) in [7, 11) is 0. The topological polar surface area (TPSA) is 0 Å². The molecule has 0 radical (unpaired) electrons. The number of alkyl halides is 1. The number of benzene rings is 1. The summed E-state index contributed by atoms with van der Waals surface area (Å²) in [6.07, 6.45) is 3.55. The van der Waals surface area contributed by atoms with Crippen LogP contribution in [0.3, 0.4) is 0 Å². The molecule has 0 saturated heterocycles. The van der Waals surface area contributed by atoms with Crippen LogP contribution < -0.4 is 0 Å². The molecule has 16 heavy (non-hydrogen) atoms. The lowest BCUT2D eigenvalue weighted by molar-refractivity contribution is 0.329. The Morgan fingerprint density at radius 1 is 1.44 bits per heavy atom. The van der Waals surface area contributed by atoms with Gasteiger partial charge >= 0.3 is 0 Å². The molecule has 1 aliphatic carbocycles. The molecular formula is C13H15ClF2. The molecule has 88 valence electrons. The second-order valence-corrected chi connectivity index (χ2v) is 5.68. The van der Waals surface area contributed by atoms with Gasteiger partial charge in [0.25, 0.3) is 0 Å². The van der Waals surface area contributed by atoms with Gasteiger partial charge in [0.05, 0.1) is 0 Å². The highest BCUT2D eigenvalue weighted by Crippen LogP contribution is 2.43. The first-order valence-corrected chi connectivity index (χ1v) is 6.00. The molecule has 0 aromatic heterocycles. The highest BCUT2D eigenvalue weighted by Gasteiger charge is 2.34. The number of hydrogen-bond donors (Lipinski definition) is 0. The summed E-state index contributed by atoms with van der Waals surface area (Å²) in [6, 6.07) is 3.80. The van der Waals surface area contributed by atoms with Crippen molar-refractivity contribution in [2.45, 2.75) is 38.0 Å². The van der Waals surface area contributed by atoms with Crippen LogP contribution in [-0.4, -0.2) is 5.38 Å². The summed E-state index contributed by atoms with van der Waals surface area (Å²) >= 11 is 6.07. The Labute approximate surface area is 99.6 Å². The fraction of sp³-hybridized carbons (Fsp3) is 0.538. The van der Waals surface area contributed by atoms with Crippen molar-refractivity contribution in [3.05, 3.63) is 35.4 Å². The van der Waals surface area contributed by atoms with Crippen molar-refractivity contribution in [1.82, 2.24) is 0 Å². The highest BCUT2D eigenvalue weighted by atomic mass is 35.5. The van der Waals surface area contributed by atoms with Crippen LogP contribution in [0, 0.1) is 17.0 Å². The van der Waals surface area contributed by atoms with E-state index in [2.05, 4.69) is 6.92 Å². The molecule has 2 unspecified atom stereocenters. The Morgan fingerprint density at radius 2 is 2.19 bits per heavy atom. The molecule has 0 bridgehead atoms. The first kappa shape index (κ1) is 11.8. The molecule has 0 aliphatic heterocycles. The lowest BCUT2D eigenvalue weighted by atomic mass is 9.82. The molecule has 0 heterocycles. The average Bonchev–Trinajstić information content (AvgIpc) is 2.52. The molecule has 0 nitrogen and oxygen atoms in total. The normalized spacial score (nSPS) is 29.6. The van der Waals surface area contributed by atoms with Gasteiger partial charge in [-0.2, -0.15) is 0 Å². The molecule has 0 amide bonds. The minimum Gasteiger partial charge on any atom is -0.207 e. The van der Waals surface area contributed by atoms with Crippen LogP contribution in [0.4, 0.5) is 8.78 Å². The largest absolute Gasteiger partial charge is 0.207 e. The average molecular weight is 245 g/mol. The van der Waals surface area contributed by atoms with E-state index in [9.17, 15) is 8.78 Å². The van der Waals surface area contributed by atoms with E-state index < -0.39 is 11.6 Å². The summed E-state index contributed by atoms with van der Waals surface area (Å²) in [5.41, 5.74) is 0.653. The lowest BCUT2D eigenvalue weighted by Gasteiger charge is -2.23. The first-order chi connectivity index (χ1) is 7.48. The van der Waals surface area contributed by atoms with E-state index in [1.807, 2.05) is 0 Å². The van der Waals surface area contributed by atoms with E-state index in [-0.39, 0.29) is 10.8 Å². The van der Waals surface area contributed by atoms with Crippen LogP contribution in [0.15, 0.2) is 18.2 Å². The van der Waals surface area contributed by atoms with Gasteiger partial charge in [-0.25, -0.2) is 8.78 Å². The fourth-order valence-corrected chi connectivity index (χ4v) is 3.01.